The number of thiophene rings is 1. The minimum absolute atomic E-state index is 0.282. The number of likely N-dealkylation sites (tertiary alicyclic amines) is 1. The van der Waals surface area contributed by atoms with Gasteiger partial charge in [-0.1, -0.05) is 6.07 Å². The molecule has 3 nitrogen and oxygen atoms in total. The quantitative estimate of drug-likeness (QED) is 0.840. The SMILES string of the molecule is O=C(Cc1cccs1)N1CCC(c2nc3c(s2)CCCC3)CC1. The summed E-state index contributed by atoms with van der Waals surface area (Å²) in [4.78, 5) is 22.1. The van der Waals surface area contributed by atoms with Crippen LogP contribution in [0.5, 0.6) is 0 Å². The average Bonchev–Trinajstić information content (AvgIpc) is 3.24. The van der Waals surface area contributed by atoms with E-state index in [-0.39, 0.29) is 5.91 Å². The summed E-state index contributed by atoms with van der Waals surface area (Å²) in [6, 6.07) is 4.07. The highest BCUT2D eigenvalue weighted by atomic mass is 32.1. The van der Waals surface area contributed by atoms with Crippen LogP contribution in [0.15, 0.2) is 17.5 Å². The lowest BCUT2D eigenvalue weighted by Gasteiger charge is -2.31. The Kier molecular flexibility index (Phi) is 4.49. The summed E-state index contributed by atoms with van der Waals surface area (Å²) in [6.07, 6.45) is 7.73. The minimum atomic E-state index is 0.282. The zero-order valence-corrected chi connectivity index (χ0v) is 14.9. The van der Waals surface area contributed by atoms with E-state index in [0.29, 0.717) is 12.3 Å². The summed E-state index contributed by atoms with van der Waals surface area (Å²) in [7, 11) is 0. The third-order valence-electron chi connectivity index (χ3n) is 4.96. The van der Waals surface area contributed by atoms with Gasteiger partial charge in [0.25, 0.3) is 0 Å². The fourth-order valence-corrected chi connectivity index (χ4v) is 5.61. The topological polar surface area (TPSA) is 33.2 Å². The second kappa shape index (κ2) is 6.73. The highest BCUT2D eigenvalue weighted by Crippen LogP contribution is 2.35. The number of aryl methyl sites for hydroxylation is 2. The number of thiazole rings is 1. The van der Waals surface area contributed by atoms with Crippen molar-refractivity contribution < 1.29 is 4.79 Å². The van der Waals surface area contributed by atoms with Crippen molar-refractivity contribution in [2.24, 2.45) is 0 Å². The van der Waals surface area contributed by atoms with E-state index in [1.54, 1.807) is 11.3 Å². The summed E-state index contributed by atoms with van der Waals surface area (Å²) in [5.41, 5.74) is 1.37. The number of nitrogens with zero attached hydrogens (tertiary/aromatic N) is 2. The van der Waals surface area contributed by atoms with Gasteiger partial charge in [-0.15, -0.1) is 22.7 Å². The molecule has 3 heterocycles. The molecule has 0 bridgehead atoms. The molecule has 122 valence electrons. The molecule has 0 atom stereocenters. The number of fused-ring (bicyclic) bond motifs is 1. The van der Waals surface area contributed by atoms with Gasteiger partial charge in [-0.05, 0) is 50.0 Å². The Bertz CT molecular complexity index is 646. The van der Waals surface area contributed by atoms with Crippen molar-refractivity contribution in [3.63, 3.8) is 0 Å². The molecular formula is C18H22N2OS2. The molecule has 0 N–H and O–H groups in total. The number of aromatic nitrogens is 1. The van der Waals surface area contributed by atoms with Crippen LogP contribution in [0.2, 0.25) is 0 Å². The smallest absolute Gasteiger partial charge is 0.227 e. The van der Waals surface area contributed by atoms with Crippen LogP contribution in [-0.4, -0.2) is 28.9 Å². The van der Waals surface area contributed by atoms with Gasteiger partial charge < -0.3 is 4.90 Å². The summed E-state index contributed by atoms with van der Waals surface area (Å²) in [5, 5.41) is 3.38. The maximum Gasteiger partial charge on any atom is 0.227 e. The van der Waals surface area contributed by atoms with Crippen LogP contribution in [0.3, 0.4) is 0 Å². The highest BCUT2D eigenvalue weighted by Gasteiger charge is 2.27. The van der Waals surface area contributed by atoms with Crippen molar-refractivity contribution in [1.82, 2.24) is 9.88 Å². The third-order valence-corrected chi connectivity index (χ3v) is 7.16. The standard InChI is InChI=1S/C18H22N2OS2/c21-17(12-14-4-3-11-22-14)20-9-7-13(8-10-20)18-19-15-5-1-2-6-16(15)23-18/h3-4,11,13H,1-2,5-10,12H2. The Labute approximate surface area is 145 Å². The lowest BCUT2D eigenvalue weighted by atomic mass is 9.97. The van der Waals surface area contributed by atoms with Gasteiger partial charge >= 0.3 is 0 Å². The number of hydrogen-bond acceptors (Lipinski definition) is 4. The van der Waals surface area contributed by atoms with Crippen molar-refractivity contribution in [2.45, 2.75) is 50.9 Å². The Morgan fingerprint density at radius 1 is 1.26 bits per heavy atom. The van der Waals surface area contributed by atoms with E-state index >= 15 is 0 Å². The fraction of sp³-hybridized carbons (Fsp3) is 0.556. The molecule has 2 aromatic rings. The summed E-state index contributed by atoms with van der Waals surface area (Å²) in [5.74, 6) is 0.848. The van der Waals surface area contributed by atoms with E-state index in [1.165, 1.54) is 46.1 Å². The molecule has 0 radical (unpaired) electrons. The van der Waals surface area contributed by atoms with Crippen molar-refractivity contribution in [3.05, 3.63) is 38.0 Å². The van der Waals surface area contributed by atoms with Gasteiger partial charge in [0, 0.05) is 28.8 Å². The van der Waals surface area contributed by atoms with Gasteiger partial charge in [0.1, 0.15) is 0 Å². The van der Waals surface area contributed by atoms with Gasteiger partial charge in [0.05, 0.1) is 17.1 Å². The number of piperidine rings is 1. The molecule has 1 aliphatic carbocycles. The van der Waals surface area contributed by atoms with Gasteiger partial charge in [-0.3, -0.25) is 4.79 Å². The largest absolute Gasteiger partial charge is 0.342 e. The number of rotatable bonds is 3. The molecule has 2 aliphatic rings. The zero-order chi connectivity index (χ0) is 15.6. The lowest BCUT2D eigenvalue weighted by Crippen LogP contribution is -2.38. The van der Waals surface area contributed by atoms with E-state index in [0.717, 1.165) is 25.9 Å². The van der Waals surface area contributed by atoms with E-state index < -0.39 is 0 Å². The van der Waals surface area contributed by atoms with Crippen LogP contribution in [0.25, 0.3) is 0 Å². The first-order chi connectivity index (χ1) is 11.3. The van der Waals surface area contributed by atoms with Crippen LogP contribution in [-0.2, 0) is 24.1 Å². The molecule has 1 aliphatic heterocycles. The summed E-state index contributed by atoms with van der Waals surface area (Å²) < 4.78 is 0. The highest BCUT2D eigenvalue weighted by molar-refractivity contribution is 7.11. The molecule has 0 aromatic carbocycles. The molecule has 4 rings (SSSR count). The second-order valence-corrected chi connectivity index (χ2v) is 8.69. The van der Waals surface area contributed by atoms with Crippen LogP contribution < -0.4 is 0 Å². The van der Waals surface area contributed by atoms with Crippen LogP contribution in [0.1, 0.15) is 52.1 Å². The summed E-state index contributed by atoms with van der Waals surface area (Å²) in [6.45, 7) is 1.78. The van der Waals surface area contributed by atoms with E-state index in [2.05, 4.69) is 6.07 Å². The van der Waals surface area contributed by atoms with E-state index in [9.17, 15) is 4.79 Å². The van der Waals surface area contributed by atoms with Gasteiger partial charge in [-0.25, -0.2) is 4.98 Å². The van der Waals surface area contributed by atoms with E-state index in [1.807, 2.05) is 27.7 Å². The molecular weight excluding hydrogens is 324 g/mol. The predicted octanol–water partition coefficient (Wildman–Crippen LogP) is 4.03. The van der Waals surface area contributed by atoms with Gasteiger partial charge in [0.15, 0.2) is 0 Å². The normalized spacial score (nSPS) is 18.9. The van der Waals surface area contributed by atoms with Crippen molar-refractivity contribution in [3.8, 4) is 0 Å². The Balaban J connectivity index is 1.35. The third kappa shape index (κ3) is 3.36. The van der Waals surface area contributed by atoms with Crippen molar-refractivity contribution >= 4 is 28.6 Å². The fourth-order valence-electron chi connectivity index (χ4n) is 3.60. The molecule has 0 spiro atoms. The Morgan fingerprint density at radius 2 is 2.09 bits per heavy atom. The molecule has 5 heteroatoms. The number of amides is 1. The van der Waals surface area contributed by atoms with Crippen molar-refractivity contribution in [1.29, 1.82) is 0 Å². The van der Waals surface area contributed by atoms with Crippen LogP contribution >= 0.6 is 22.7 Å². The maximum atomic E-state index is 12.4. The molecule has 2 aromatic heterocycles. The first-order valence-corrected chi connectivity index (χ1v) is 10.3. The van der Waals surface area contributed by atoms with Gasteiger partial charge in [0.2, 0.25) is 5.91 Å². The minimum Gasteiger partial charge on any atom is -0.342 e. The first-order valence-electron chi connectivity index (χ1n) is 8.58. The zero-order valence-electron chi connectivity index (χ0n) is 13.3. The number of carbonyl (C=O) groups excluding carboxylic acids is 1. The van der Waals surface area contributed by atoms with Crippen LogP contribution in [0.4, 0.5) is 0 Å². The Morgan fingerprint density at radius 3 is 2.83 bits per heavy atom. The Hall–Kier alpha value is -1.20. The maximum absolute atomic E-state index is 12.4. The molecule has 1 saturated heterocycles. The summed E-state index contributed by atoms with van der Waals surface area (Å²) >= 11 is 3.61. The molecule has 23 heavy (non-hydrogen) atoms. The van der Waals surface area contributed by atoms with Crippen LogP contribution in [0, 0.1) is 0 Å². The predicted molar refractivity (Wildman–Crippen MR) is 95.3 cm³/mol. The molecule has 0 unspecified atom stereocenters. The number of hydrogen-bond donors (Lipinski definition) is 0. The van der Waals surface area contributed by atoms with E-state index in [4.69, 9.17) is 4.98 Å². The first kappa shape index (κ1) is 15.3. The van der Waals surface area contributed by atoms with Crippen molar-refractivity contribution in [2.75, 3.05) is 13.1 Å². The molecule has 1 fully saturated rings. The lowest BCUT2D eigenvalue weighted by molar-refractivity contribution is -0.131. The molecule has 0 saturated carbocycles. The molecule has 1 amide bonds. The monoisotopic (exact) mass is 346 g/mol. The number of carbonyl (C=O) groups is 1. The average molecular weight is 347 g/mol. The second-order valence-electron chi connectivity index (χ2n) is 6.54. The van der Waals surface area contributed by atoms with Gasteiger partial charge in [-0.2, -0.15) is 0 Å².